The number of likely N-dealkylation sites (tertiary alicyclic amines) is 2. The maximum absolute atomic E-state index is 13.3. The van der Waals surface area contributed by atoms with E-state index in [2.05, 4.69) is 0 Å². The maximum Gasteiger partial charge on any atom is 0.228 e. The summed E-state index contributed by atoms with van der Waals surface area (Å²) in [5.74, 6) is -0.0452. The Hall–Kier alpha value is -1.88. The summed E-state index contributed by atoms with van der Waals surface area (Å²) in [6.07, 6.45) is 5.00. The van der Waals surface area contributed by atoms with Crippen molar-refractivity contribution in [3.05, 3.63) is 35.9 Å². The summed E-state index contributed by atoms with van der Waals surface area (Å²) in [5.41, 5.74) is 0.432. The third kappa shape index (κ3) is 2.92. The largest absolute Gasteiger partial charge is 0.389 e. The van der Waals surface area contributed by atoms with Crippen LogP contribution in [0.1, 0.15) is 50.1 Å². The summed E-state index contributed by atoms with van der Waals surface area (Å²) in [6.45, 7) is 1.23. The van der Waals surface area contributed by atoms with Gasteiger partial charge in [-0.3, -0.25) is 9.59 Å². The van der Waals surface area contributed by atoms with Crippen LogP contribution in [0.5, 0.6) is 0 Å². The lowest BCUT2D eigenvalue weighted by molar-refractivity contribution is -0.148. The molecule has 1 aromatic carbocycles. The van der Waals surface area contributed by atoms with Crippen LogP contribution in [0.2, 0.25) is 0 Å². The highest BCUT2D eigenvalue weighted by Gasteiger charge is 2.48. The van der Waals surface area contributed by atoms with Crippen molar-refractivity contribution in [3.8, 4) is 0 Å². The number of nitrogens with zero attached hydrogens (tertiary/aromatic N) is 2. The lowest BCUT2D eigenvalue weighted by atomic mass is 9.71. The van der Waals surface area contributed by atoms with E-state index in [-0.39, 0.29) is 36.1 Å². The molecule has 1 aliphatic carbocycles. The lowest BCUT2D eigenvalue weighted by Crippen LogP contribution is -2.55. The molecule has 1 N–H and O–H groups in total. The maximum atomic E-state index is 13.3. The number of amides is 2. The molecule has 2 amide bonds. The van der Waals surface area contributed by atoms with Crippen LogP contribution in [0, 0.1) is 11.8 Å². The van der Waals surface area contributed by atoms with Crippen molar-refractivity contribution in [1.29, 1.82) is 0 Å². The van der Waals surface area contributed by atoms with Crippen LogP contribution < -0.4 is 0 Å². The van der Waals surface area contributed by atoms with Crippen molar-refractivity contribution in [3.63, 3.8) is 0 Å². The Kier molecular flexibility index (Phi) is 4.51. The highest BCUT2D eigenvalue weighted by Crippen LogP contribution is 2.42. The van der Waals surface area contributed by atoms with Gasteiger partial charge in [0, 0.05) is 32.5 Å². The molecule has 0 unspecified atom stereocenters. The van der Waals surface area contributed by atoms with Crippen LogP contribution in [0.4, 0.5) is 0 Å². The summed E-state index contributed by atoms with van der Waals surface area (Å²) in [6, 6.07) is 9.66. The molecule has 0 spiro atoms. The summed E-state index contributed by atoms with van der Waals surface area (Å²) in [7, 11) is 1.80. The van der Waals surface area contributed by atoms with Gasteiger partial charge in [-0.15, -0.1) is 0 Å². The van der Waals surface area contributed by atoms with Gasteiger partial charge in [0.05, 0.1) is 17.6 Å². The van der Waals surface area contributed by atoms with E-state index >= 15 is 0 Å². The van der Waals surface area contributed by atoms with Gasteiger partial charge in [-0.2, -0.15) is 0 Å². The number of carbonyl (C=O) groups excluding carboxylic acids is 2. The van der Waals surface area contributed by atoms with Crippen LogP contribution in [0.15, 0.2) is 30.3 Å². The van der Waals surface area contributed by atoms with Crippen molar-refractivity contribution in [2.45, 2.75) is 50.2 Å². The van der Waals surface area contributed by atoms with E-state index in [0.29, 0.717) is 19.5 Å². The Labute approximate surface area is 155 Å². The second-order valence-electron chi connectivity index (χ2n) is 8.25. The molecule has 5 heteroatoms. The number of aliphatic hydroxyl groups is 1. The molecule has 0 radical (unpaired) electrons. The zero-order chi connectivity index (χ0) is 18.3. The fraction of sp³-hybridized carbons (Fsp3) is 0.619. The molecule has 0 bridgehead atoms. The van der Waals surface area contributed by atoms with Gasteiger partial charge in [0.15, 0.2) is 0 Å². The highest BCUT2D eigenvalue weighted by atomic mass is 16.3. The van der Waals surface area contributed by atoms with Crippen LogP contribution in [0.3, 0.4) is 0 Å². The van der Waals surface area contributed by atoms with Crippen LogP contribution >= 0.6 is 0 Å². The first-order chi connectivity index (χ1) is 12.5. The van der Waals surface area contributed by atoms with E-state index in [4.69, 9.17) is 0 Å². The molecule has 26 heavy (non-hydrogen) atoms. The molecular weight excluding hydrogens is 328 g/mol. The molecule has 140 valence electrons. The molecule has 2 heterocycles. The van der Waals surface area contributed by atoms with Crippen LogP contribution in [-0.4, -0.2) is 52.5 Å². The van der Waals surface area contributed by atoms with Crippen molar-refractivity contribution in [2.75, 3.05) is 20.1 Å². The molecule has 1 saturated carbocycles. The fourth-order valence-corrected chi connectivity index (χ4v) is 5.20. The van der Waals surface area contributed by atoms with Crippen molar-refractivity contribution in [2.24, 2.45) is 11.8 Å². The van der Waals surface area contributed by atoms with Crippen LogP contribution in [-0.2, 0) is 9.59 Å². The monoisotopic (exact) mass is 356 g/mol. The van der Waals surface area contributed by atoms with Gasteiger partial charge in [-0.1, -0.05) is 43.2 Å². The quantitative estimate of drug-likeness (QED) is 0.885. The van der Waals surface area contributed by atoms with Crippen LogP contribution in [0.25, 0.3) is 0 Å². The Bertz CT molecular complexity index is 692. The second-order valence-corrected chi connectivity index (χ2v) is 8.25. The summed E-state index contributed by atoms with van der Waals surface area (Å²) in [4.78, 5) is 29.3. The first-order valence-corrected chi connectivity index (χ1v) is 9.81. The van der Waals surface area contributed by atoms with Gasteiger partial charge >= 0.3 is 0 Å². The topological polar surface area (TPSA) is 60.9 Å². The third-order valence-electron chi connectivity index (χ3n) is 6.78. The zero-order valence-electron chi connectivity index (χ0n) is 15.4. The Morgan fingerprint density at radius 2 is 1.96 bits per heavy atom. The van der Waals surface area contributed by atoms with E-state index in [1.807, 2.05) is 35.2 Å². The van der Waals surface area contributed by atoms with Gasteiger partial charge in [0.2, 0.25) is 11.8 Å². The smallest absolute Gasteiger partial charge is 0.228 e. The predicted octanol–water partition coefficient (Wildman–Crippen LogP) is 2.36. The molecule has 2 aliphatic heterocycles. The zero-order valence-corrected chi connectivity index (χ0v) is 15.4. The summed E-state index contributed by atoms with van der Waals surface area (Å²) >= 11 is 0. The Morgan fingerprint density at radius 3 is 2.73 bits per heavy atom. The van der Waals surface area contributed by atoms with Crippen molar-refractivity contribution < 1.29 is 14.7 Å². The van der Waals surface area contributed by atoms with Gasteiger partial charge < -0.3 is 14.9 Å². The predicted molar refractivity (Wildman–Crippen MR) is 98.2 cm³/mol. The third-order valence-corrected chi connectivity index (χ3v) is 6.78. The SMILES string of the molecule is CN1C(=O)C[C@H](C(=O)N2CC[C@]3(O)CCCC[C@@H]3C2)[C@@H]1c1ccccc1. The standard InChI is InChI=1S/C21H28N2O3/c1-22-18(24)13-17(19(22)15-7-3-2-4-8-15)20(25)23-12-11-21(26)10-6-5-9-16(21)14-23/h2-4,7-8,16-17,19,26H,5-6,9-14H2,1H3/t16-,17+,19+,21-/m1/s1. The average Bonchev–Trinajstić information content (AvgIpc) is 2.96. The van der Waals surface area contributed by atoms with Gasteiger partial charge in [-0.05, 0) is 24.8 Å². The van der Waals surface area contributed by atoms with E-state index in [1.54, 1.807) is 11.9 Å². The lowest BCUT2D eigenvalue weighted by Gasteiger charge is -2.48. The number of piperidine rings is 1. The van der Waals surface area contributed by atoms with Crippen molar-refractivity contribution in [1.82, 2.24) is 9.80 Å². The minimum Gasteiger partial charge on any atom is -0.389 e. The highest BCUT2D eigenvalue weighted by molar-refractivity contribution is 5.90. The number of hydrogen-bond donors (Lipinski definition) is 1. The van der Waals surface area contributed by atoms with Gasteiger partial charge in [0.25, 0.3) is 0 Å². The first-order valence-electron chi connectivity index (χ1n) is 9.81. The van der Waals surface area contributed by atoms with Gasteiger partial charge in [-0.25, -0.2) is 0 Å². The summed E-state index contributed by atoms with van der Waals surface area (Å²) < 4.78 is 0. The number of hydrogen-bond acceptors (Lipinski definition) is 3. The molecule has 5 nitrogen and oxygen atoms in total. The minimum absolute atomic E-state index is 0.0309. The number of rotatable bonds is 2. The normalized spacial score (nSPS) is 34.7. The van der Waals surface area contributed by atoms with E-state index < -0.39 is 5.60 Å². The fourth-order valence-electron chi connectivity index (χ4n) is 5.20. The number of carbonyl (C=O) groups is 2. The first kappa shape index (κ1) is 17.5. The molecule has 0 aromatic heterocycles. The Morgan fingerprint density at radius 1 is 1.19 bits per heavy atom. The molecule has 3 aliphatic rings. The molecular formula is C21H28N2O3. The number of benzene rings is 1. The molecule has 2 saturated heterocycles. The molecule has 4 rings (SSSR count). The molecule has 4 atom stereocenters. The second kappa shape index (κ2) is 6.69. The average molecular weight is 356 g/mol. The van der Waals surface area contributed by atoms with E-state index in [9.17, 15) is 14.7 Å². The van der Waals surface area contributed by atoms with Crippen molar-refractivity contribution >= 4 is 11.8 Å². The van der Waals surface area contributed by atoms with Gasteiger partial charge in [0.1, 0.15) is 0 Å². The number of fused-ring (bicyclic) bond motifs is 1. The minimum atomic E-state index is -0.587. The Balaban J connectivity index is 1.54. The van der Waals surface area contributed by atoms with E-state index in [1.165, 1.54) is 0 Å². The summed E-state index contributed by atoms with van der Waals surface area (Å²) in [5, 5.41) is 10.9. The van der Waals surface area contributed by atoms with E-state index in [0.717, 1.165) is 31.2 Å². The molecule has 1 aromatic rings. The molecule has 3 fully saturated rings.